The van der Waals surface area contributed by atoms with Crippen molar-refractivity contribution in [3.8, 4) is 0 Å². The summed E-state index contributed by atoms with van der Waals surface area (Å²) in [5, 5.41) is 10.6. The smallest absolute Gasteiger partial charge is 0.167 e. The average molecular weight is 156 g/mol. The molecule has 57 valence electrons. The Kier molecular flexibility index (Phi) is 2.15. The van der Waals surface area contributed by atoms with Crippen molar-refractivity contribution >= 4 is 6.21 Å². The zero-order valence-corrected chi connectivity index (χ0v) is 5.38. The Balaban J connectivity index is 3.16. The summed E-state index contributed by atoms with van der Waals surface area (Å²) < 4.78 is 24.9. The molecule has 0 heterocycles. The monoisotopic (exact) mass is 156 g/mol. The number of oxime groups is 1. The molecular weight excluding hydrogens is 152 g/mol. The van der Waals surface area contributed by atoms with E-state index in [1.807, 2.05) is 0 Å². The van der Waals surface area contributed by atoms with Crippen LogP contribution < -0.4 is 0 Å². The summed E-state index contributed by atoms with van der Waals surface area (Å²) >= 11 is 0. The number of rotatable bonds is 1. The lowest BCUT2D eigenvalue weighted by molar-refractivity contribution is 0.321. The van der Waals surface area contributed by atoms with E-state index in [0.717, 1.165) is 12.3 Å². The molecule has 0 atom stereocenters. The second kappa shape index (κ2) is 3.09. The average Bonchev–Trinajstić information content (AvgIpc) is 1.99. The third kappa shape index (κ3) is 1.52. The first-order valence-corrected chi connectivity index (χ1v) is 2.78. The topological polar surface area (TPSA) is 32.6 Å². The largest absolute Gasteiger partial charge is 0.411 e. The number of nitrogens with zero attached hydrogens (tertiary/aromatic N) is 1. The fraction of sp³-hybridized carbons (Fsp3) is 0. The van der Waals surface area contributed by atoms with Crippen molar-refractivity contribution in [3.05, 3.63) is 35.4 Å². The minimum Gasteiger partial charge on any atom is -0.411 e. The molecule has 1 aromatic rings. The molecule has 0 aliphatic heterocycles. The van der Waals surface area contributed by atoms with Crippen molar-refractivity contribution in [2.45, 2.75) is 0 Å². The summed E-state index contributed by atoms with van der Waals surface area (Å²) in [5.74, 6) is -2.05. The molecule has 11 heavy (non-hydrogen) atoms. The van der Waals surface area contributed by atoms with Crippen LogP contribution in [0.15, 0.2) is 17.3 Å². The minimum absolute atomic E-state index is 0.132. The molecular formula is C7H4F2NO. The van der Waals surface area contributed by atoms with Gasteiger partial charge in [-0.1, -0.05) is 5.16 Å². The van der Waals surface area contributed by atoms with E-state index in [2.05, 4.69) is 11.2 Å². The van der Waals surface area contributed by atoms with Crippen LogP contribution in [-0.2, 0) is 0 Å². The maximum absolute atomic E-state index is 12.6. The van der Waals surface area contributed by atoms with Gasteiger partial charge in [0.05, 0.1) is 6.21 Å². The normalized spacial score (nSPS) is 10.7. The zero-order chi connectivity index (χ0) is 8.27. The van der Waals surface area contributed by atoms with E-state index < -0.39 is 11.6 Å². The molecule has 1 aromatic carbocycles. The lowest BCUT2D eigenvalue weighted by Crippen LogP contribution is -1.91. The van der Waals surface area contributed by atoms with Crippen LogP contribution >= 0.6 is 0 Å². The van der Waals surface area contributed by atoms with Gasteiger partial charge in [0.15, 0.2) is 11.6 Å². The summed E-state index contributed by atoms with van der Waals surface area (Å²) in [6.45, 7) is 0. The molecule has 0 saturated heterocycles. The summed E-state index contributed by atoms with van der Waals surface area (Å²) in [6, 6.07) is 4.38. The first-order valence-electron chi connectivity index (χ1n) is 2.78. The molecule has 1 radical (unpaired) electrons. The first-order chi connectivity index (χ1) is 5.25. The second-order valence-electron chi connectivity index (χ2n) is 1.82. The fourth-order valence-corrected chi connectivity index (χ4v) is 0.625. The summed E-state index contributed by atoms with van der Waals surface area (Å²) in [7, 11) is 0. The highest BCUT2D eigenvalue weighted by Crippen LogP contribution is 2.08. The molecule has 2 nitrogen and oxygen atoms in total. The molecule has 4 heteroatoms. The van der Waals surface area contributed by atoms with Crippen LogP contribution in [0.4, 0.5) is 8.78 Å². The van der Waals surface area contributed by atoms with Gasteiger partial charge in [0.2, 0.25) is 0 Å². The molecule has 1 N–H and O–H groups in total. The maximum atomic E-state index is 12.6. The predicted octanol–water partition coefficient (Wildman–Crippen LogP) is 1.57. The van der Waals surface area contributed by atoms with Crippen LogP contribution in [0.2, 0.25) is 0 Å². The third-order valence-electron chi connectivity index (χ3n) is 1.11. The van der Waals surface area contributed by atoms with Gasteiger partial charge in [-0.3, -0.25) is 0 Å². The van der Waals surface area contributed by atoms with Gasteiger partial charge in [-0.05, 0) is 18.2 Å². The van der Waals surface area contributed by atoms with E-state index in [0.29, 0.717) is 0 Å². The van der Waals surface area contributed by atoms with Gasteiger partial charge in [0, 0.05) is 5.56 Å². The molecule has 1 rings (SSSR count). The van der Waals surface area contributed by atoms with Crippen molar-refractivity contribution in [2.24, 2.45) is 5.16 Å². The Morgan fingerprint density at radius 1 is 1.45 bits per heavy atom. The molecule has 0 aromatic heterocycles. The van der Waals surface area contributed by atoms with Gasteiger partial charge in [-0.15, -0.1) is 0 Å². The van der Waals surface area contributed by atoms with Gasteiger partial charge in [0.1, 0.15) is 0 Å². The van der Waals surface area contributed by atoms with Gasteiger partial charge in [-0.25, -0.2) is 8.78 Å². The highest BCUT2D eigenvalue weighted by molar-refractivity contribution is 5.79. The lowest BCUT2D eigenvalue weighted by atomic mass is 10.2. The Bertz CT molecular complexity index is 286. The van der Waals surface area contributed by atoms with E-state index >= 15 is 0 Å². The van der Waals surface area contributed by atoms with Gasteiger partial charge < -0.3 is 5.21 Å². The molecule has 0 saturated carbocycles. The Morgan fingerprint density at radius 2 is 2.18 bits per heavy atom. The maximum Gasteiger partial charge on any atom is 0.167 e. The van der Waals surface area contributed by atoms with E-state index in [9.17, 15) is 8.78 Å². The SMILES string of the molecule is ON=Cc1c[c]cc(F)c1F. The Hall–Kier alpha value is -1.45. The third-order valence-corrected chi connectivity index (χ3v) is 1.11. The van der Waals surface area contributed by atoms with E-state index in [1.54, 1.807) is 0 Å². The van der Waals surface area contributed by atoms with E-state index in [1.165, 1.54) is 6.07 Å². The van der Waals surface area contributed by atoms with Crippen molar-refractivity contribution in [1.29, 1.82) is 0 Å². The van der Waals surface area contributed by atoms with E-state index in [4.69, 9.17) is 5.21 Å². The van der Waals surface area contributed by atoms with Gasteiger partial charge in [-0.2, -0.15) is 0 Å². The lowest BCUT2D eigenvalue weighted by Gasteiger charge is -1.93. The van der Waals surface area contributed by atoms with Crippen LogP contribution in [-0.4, -0.2) is 11.4 Å². The molecule has 0 bridgehead atoms. The van der Waals surface area contributed by atoms with Crippen LogP contribution in [0.5, 0.6) is 0 Å². The number of hydrogen-bond donors (Lipinski definition) is 1. The van der Waals surface area contributed by atoms with Crippen LogP contribution in [0.1, 0.15) is 5.56 Å². The molecule has 0 spiro atoms. The highest BCUT2D eigenvalue weighted by atomic mass is 19.2. The second-order valence-corrected chi connectivity index (χ2v) is 1.82. The van der Waals surface area contributed by atoms with Crippen LogP contribution in [0.25, 0.3) is 0 Å². The van der Waals surface area contributed by atoms with Crippen LogP contribution in [0.3, 0.4) is 0 Å². The van der Waals surface area contributed by atoms with Crippen molar-refractivity contribution in [2.75, 3.05) is 0 Å². The van der Waals surface area contributed by atoms with Crippen molar-refractivity contribution in [1.82, 2.24) is 0 Å². The summed E-state index contributed by atoms with van der Waals surface area (Å²) in [6.07, 6.45) is 0.801. The molecule has 0 unspecified atom stereocenters. The molecule has 0 amide bonds. The quantitative estimate of drug-likeness (QED) is 0.373. The number of benzene rings is 1. The molecule has 0 aliphatic carbocycles. The standard InChI is InChI=1S/C7H4F2NO/c8-6-3-1-2-5(4-10-11)7(6)9/h2-4,11H. The summed E-state index contributed by atoms with van der Waals surface area (Å²) in [5.41, 5.74) is -0.132. The predicted molar refractivity (Wildman–Crippen MR) is 34.6 cm³/mol. The van der Waals surface area contributed by atoms with Crippen molar-refractivity contribution < 1.29 is 14.0 Å². The number of hydrogen-bond acceptors (Lipinski definition) is 2. The summed E-state index contributed by atoms with van der Waals surface area (Å²) in [4.78, 5) is 0. The molecule has 0 aliphatic rings. The van der Waals surface area contributed by atoms with Gasteiger partial charge >= 0.3 is 0 Å². The highest BCUT2D eigenvalue weighted by Gasteiger charge is 2.04. The zero-order valence-electron chi connectivity index (χ0n) is 5.38. The Labute approximate surface area is 61.8 Å². The van der Waals surface area contributed by atoms with Crippen molar-refractivity contribution in [3.63, 3.8) is 0 Å². The van der Waals surface area contributed by atoms with E-state index in [-0.39, 0.29) is 5.56 Å². The van der Waals surface area contributed by atoms with Crippen LogP contribution in [0, 0.1) is 17.7 Å². The number of halogens is 2. The minimum atomic E-state index is -1.04. The fourth-order valence-electron chi connectivity index (χ4n) is 0.625. The first kappa shape index (κ1) is 7.65. The Morgan fingerprint density at radius 3 is 2.82 bits per heavy atom. The molecule has 0 fully saturated rings. The van der Waals surface area contributed by atoms with Gasteiger partial charge in [0.25, 0.3) is 0 Å².